The molecule has 0 saturated carbocycles. The van der Waals surface area contributed by atoms with Gasteiger partial charge in [-0.3, -0.25) is 4.79 Å². The SMILES string of the molecule is CN1CCC(NCc2ccc3c(c2)NC(=O)CO3)CC1. The van der Waals surface area contributed by atoms with E-state index in [1.54, 1.807) is 0 Å². The van der Waals surface area contributed by atoms with Crippen LogP contribution in [0, 0.1) is 0 Å². The average Bonchev–Trinajstić information content (AvgIpc) is 2.46. The molecule has 2 heterocycles. The molecule has 2 aliphatic rings. The van der Waals surface area contributed by atoms with Gasteiger partial charge in [-0.25, -0.2) is 0 Å². The van der Waals surface area contributed by atoms with Crippen molar-refractivity contribution in [3.05, 3.63) is 23.8 Å². The fraction of sp³-hybridized carbons (Fsp3) is 0.533. The molecule has 0 aromatic heterocycles. The molecule has 0 bridgehead atoms. The van der Waals surface area contributed by atoms with Crippen molar-refractivity contribution in [1.29, 1.82) is 0 Å². The smallest absolute Gasteiger partial charge is 0.262 e. The van der Waals surface area contributed by atoms with Crippen molar-refractivity contribution < 1.29 is 9.53 Å². The third kappa shape index (κ3) is 3.11. The number of hydrogen-bond donors (Lipinski definition) is 2. The van der Waals surface area contributed by atoms with E-state index >= 15 is 0 Å². The van der Waals surface area contributed by atoms with Gasteiger partial charge >= 0.3 is 0 Å². The first kappa shape index (κ1) is 13.4. The van der Waals surface area contributed by atoms with Gasteiger partial charge < -0.3 is 20.3 Å². The van der Waals surface area contributed by atoms with Crippen molar-refractivity contribution >= 4 is 11.6 Å². The summed E-state index contributed by atoms with van der Waals surface area (Å²) in [6, 6.07) is 6.57. The van der Waals surface area contributed by atoms with Crippen molar-refractivity contribution in [2.75, 3.05) is 32.1 Å². The van der Waals surface area contributed by atoms with E-state index in [1.165, 1.54) is 18.4 Å². The van der Waals surface area contributed by atoms with Crippen LogP contribution in [0.25, 0.3) is 0 Å². The number of nitrogens with one attached hydrogen (secondary N) is 2. The first-order valence-electron chi connectivity index (χ1n) is 7.18. The van der Waals surface area contributed by atoms with Crippen LogP contribution in [-0.4, -0.2) is 43.6 Å². The van der Waals surface area contributed by atoms with Crippen LogP contribution < -0.4 is 15.4 Å². The van der Waals surface area contributed by atoms with Gasteiger partial charge in [-0.1, -0.05) is 6.07 Å². The van der Waals surface area contributed by atoms with E-state index in [-0.39, 0.29) is 12.5 Å². The van der Waals surface area contributed by atoms with Crippen LogP contribution in [0.5, 0.6) is 5.75 Å². The van der Waals surface area contributed by atoms with Gasteiger partial charge in [-0.15, -0.1) is 0 Å². The van der Waals surface area contributed by atoms with Gasteiger partial charge in [-0.2, -0.15) is 0 Å². The van der Waals surface area contributed by atoms with Crippen LogP contribution in [0.1, 0.15) is 18.4 Å². The zero-order valence-electron chi connectivity index (χ0n) is 11.8. The number of ether oxygens (including phenoxy) is 1. The highest BCUT2D eigenvalue weighted by Gasteiger charge is 2.18. The summed E-state index contributed by atoms with van der Waals surface area (Å²) in [6.45, 7) is 3.26. The summed E-state index contributed by atoms with van der Waals surface area (Å²) < 4.78 is 5.36. The Kier molecular flexibility index (Phi) is 3.89. The molecule has 5 heteroatoms. The Labute approximate surface area is 119 Å². The summed E-state index contributed by atoms with van der Waals surface area (Å²) in [7, 11) is 2.17. The fourth-order valence-corrected chi connectivity index (χ4v) is 2.72. The van der Waals surface area contributed by atoms with Crippen LogP contribution in [0.3, 0.4) is 0 Å². The number of rotatable bonds is 3. The van der Waals surface area contributed by atoms with Crippen molar-refractivity contribution in [3.8, 4) is 5.75 Å². The van der Waals surface area contributed by atoms with Gasteiger partial charge in [0.2, 0.25) is 0 Å². The fourth-order valence-electron chi connectivity index (χ4n) is 2.72. The van der Waals surface area contributed by atoms with Crippen LogP contribution >= 0.6 is 0 Å². The van der Waals surface area contributed by atoms with Crippen LogP contribution in [0.4, 0.5) is 5.69 Å². The summed E-state index contributed by atoms with van der Waals surface area (Å²) in [5, 5.41) is 6.44. The zero-order chi connectivity index (χ0) is 13.9. The summed E-state index contributed by atoms with van der Waals surface area (Å²) in [6.07, 6.45) is 2.39. The van der Waals surface area contributed by atoms with Gasteiger partial charge in [0.05, 0.1) is 5.69 Å². The molecule has 1 fully saturated rings. The molecule has 0 unspecified atom stereocenters. The quantitative estimate of drug-likeness (QED) is 0.870. The number of amides is 1. The maximum absolute atomic E-state index is 11.3. The predicted molar refractivity (Wildman–Crippen MR) is 77.9 cm³/mol. The Hall–Kier alpha value is -1.59. The highest BCUT2D eigenvalue weighted by atomic mass is 16.5. The monoisotopic (exact) mass is 275 g/mol. The number of nitrogens with zero attached hydrogens (tertiary/aromatic N) is 1. The highest BCUT2D eigenvalue weighted by Crippen LogP contribution is 2.28. The first-order valence-corrected chi connectivity index (χ1v) is 7.18. The number of carbonyl (C=O) groups excluding carboxylic acids is 1. The topological polar surface area (TPSA) is 53.6 Å². The van der Waals surface area contributed by atoms with Crippen LogP contribution in [0.2, 0.25) is 0 Å². The second-order valence-corrected chi connectivity index (χ2v) is 5.63. The molecule has 0 radical (unpaired) electrons. The second-order valence-electron chi connectivity index (χ2n) is 5.63. The van der Waals surface area contributed by atoms with Crippen molar-refractivity contribution in [2.24, 2.45) is 0 Å². The second kappa shape index (κ2) is 5.81. The molecule has 1 amide bonds. The van der Waals surface area contributed by atoms with E-state index in [0.717, 1.165) is 31.1 Å². The summed E-state index contributed by atoms with van der Waals surface area (Å²) in [5.41, 5.74) is 1.96. The molecular formula is C15H21N3O2. The molecule has 0 spiro atoms. The van der Waals surface area contributed by atoms with Gasteiger partial charge in [0.15, 0.2) is 6.61 Å². The lowest BCUT2D eigenvalue weighted by molar-refractivity contribution is -0.118. The molecule has 1 saturated heterocycles. The number of likely N-dealkylation sites (tertiary alicyclic amines) is 1. The molecule has 2 aliphatic heterocycles. The molecule has 3 rings (SSSR count). The van der Waals surface area contributed by atoms with E-state index in [0.29, 0.717) is 6.04 Å². The molecule has 5 nitrogen and oxygen atoms in total. The molecule has 0 aliphatic carbocycles. The van der Waals surface area contributed by atoms with Gasteiger partial charge in [0.1, 0.15) is 5.75 Å². The maximum atomic E-state index is 11.3. The molecule has 0 atom stereocenters. The van der Waals surface area contributed by atoms with E-state index in [9.17, 15) is 4.79 Å². The molecule has 1 aromatic carbocycles. The third-order valence-electron chi connectivity index (χ3n) is 3.99. The third-order valence-corrected chi connectivity index (χ3v) is 3.99. The van der Waals surface area contributed by atoms with Crippen LogP contribution in [-0.2, 0) is 11.3 Å². The number of fused-ring (bicyclic) bond motifs is 1. The molecular weight excluding hydrogens is 254 g/mol. The lowest BCUT2D eigenvalue weighted by Gasteiger charge is -2.29. The Bertz CT molecular complexity index is 496. The van der Waals surface area contributed by atoms with E-state index in [2.05, 4.69) is 28.6 Å². The number of piperidine rings is 1. The van der Waals surface area contributed by atoms with Crippen LogP contribution in [0.15, 0.2) is 18.2 Å². The highest BCUT2D eigenvalue weighted by molar-refractivity contribution is 5.95. The van der Waals surface area contributed by atoms with E-state index in [4.69, 9.17) is 4.74 Å². The lowest BCUT2D eigenvalue weighted by Crippen LogP contribution is -2.40. The number of carbonyl (C=O) groups is 1. The van der Waals surface area contributed by atoms with Crippen molar-refractivity contribution in [3.63, 3.8) is 0 Å². The minimum Gasteiger partial charge on any atom is -0.482 e. The number of anilines is 1. The Morgan fingerprint density at radius 2 is 2.20 bits per heavy atom. The minimum absolute atomic E-state index is 0.0853. The summed E-state index contributed by atoms with van der Waals surface area (Å²) in [5.74, 6) is 0.672. The number of benzene rings is 1. The van der Waals surface area contributed by atoms with E-state index in [1.807, 2.05) is 12.1 Å². The standard InChI is InChI=1S/C15H21N3O2/c1-18-6-4-12(5-7-18)16-9-11-2-3-14-13(8-11)17-15(19)10-20-14/h2-3,8,12,16H,4-7,9-10H2,1H3,(H,17,19). The molecule has 2 N–H and O–H groups in total. The van der Waals surface area contributed by atoms with Crippen molar-refractivity contribution in [1.82, 2.24) is 10.2 Å². The minimum atomic E-state index is -0.0853. The maximum Gasteiger partial charge on any atom is 0.262 e. The lowest BCUT2D eigenvalue weighted by atomic mass is 10.0. The Morgan fingerprint density at radius 1 is 1.40 bits per heavy atom. The predicted octanol–water partition coefficient (Wildman–Crippen LogP) is 1.20. The number of hydrogen-bond acceptors (Lipinski definition) is 4. The van der Waals surface area contributed by atoms with Gasteiger partial charge in [-0.05, 0) is 50.7 Å². The van der Waals surface area contributed by atoms with Gasteiger partial charge in [0, 0.05) is 12.6 Å². The normalized spacial score (nSPS) is 20.1. The summed E-state index contributed by atoms with van der Waals surface area (Å²) >= 11 is 0. The molecule has 1 aromatic rings. The first-order chi connectivity index (χ1) is 9.70. The average molecular weight is 275 g/mol. The molecule has 108 valence electrons. The zero-order valence-corrected chi connectivity index (χ0v) is 11.8. The Balaban J connectivity index is 1.58. The molecule has 20 heavy (non-hydrogen) atoms. The largest absolute Gasteiger partial charge is 0.482 e. The van der Waals surface area contributed by atoms with E-state index < -0.39 is 0 Å². The van der Waals surface area contributed by atoms with Gasteiger partial charge in [0.25, 0.3) is 5.91 Å². The van der Waals surface area contributed by atoms with Crippen molar-refractivity contribution in [2.45, 2.75) is 25.4 Å². The Morgan fingerprint density at radius 3 is 3.00 bits per heavy atom. The summed E-state index contributed by atoms with van der Waals surface area (Å²) in [4.78, 5) is 13.7.